The van der Waals surface area contributed by atoms with Crippen LogP contribution in [0, 0.1) is 13.8 Å². The smallest absolute Gasteiger partial charge is 0.188 e. The Morgan fingerprint density at radius 2 is 1.90 bits per heavy atom. The topological polar surface area (TPSA) is 81.3 Å². The lowest BCUT2D eigenvalue weighted by Crippen LogP contribution is -2.20. The Balaban J connectivity index is 1.82. The van der Waals surface area contributed by atoms with Crippen molar-refractivity contribution in [2.24, 2.45) is 0 Å². The maximum absolute atomic E-state index is 9.96. The fraction of sp³-hybridized carbons (Fsp3) is 0.333. The molecule has 1 unspecified atom stereocenters. The number of thioether (sulfide) groups is 1. The molecule has 6 heteroatoms. The van der Waals surface area contributed by atoms with E-state index >= 15 is 0 Å². The van der Waals surface area contributed by atoms with E-state index in [0.29, 0.717) is 22.3 Å². The Hall–Kier alpha value is -1.79. The Kier molecular flexibility index (Phi) is 5.41. The number of ether oxygens (including phenoxy) is 1. The standard InChI is InChI=1S/C15H19N3O2S/c1-10-7-11(2)18-15(17-10)21-9-12(19)8-20-14-6-4-3-5-13(14)16/h3-7,12,19H,8-9,16H2,1-2H3. The van der Waals surface area contributed by atoms with Crippen molar-refractivity contribution in [3.8, 4) is 5.75 Å². The largest absolute Gasteiger partial charge is 0.489 e. The highest BCUT2D eigenvalue weighted by atomic mass is 32.2. The molecule has 1 aromatic heterocycles. The zero-order chi connectivity index (χ0) is 15.2. The van der Waals surface area contributed by atoms with Crippen molar-refractivity contribution in [1.82, 2.24) is 9.97 Å². The molecule has 0 aliphatic heterocycles. The number of nitrogens with zero attached hydrogens (tertiary/aromatic N) is 2. The van der Waals surface area contributed by atoms with Crippen LogP contribution in [0.1, 0.15) is 11.4 Å². The van der Waals surface area contributed by atoms with Gasteiger partial charge in [0.2, 0.25) is 0 Å². The van der Waals surface area contributed by atoms with Gasteiger partial charge in [0.05, 0.1) is 11.8 Å². The van der Waals surface area contributed by atoms with Crippen LogP contribution < -0.4 is 10.5 Å². The molecular weight excluding hydrogens is 286 g/mol. The fourth-order valence-corrected chi connectivity index (χ4v) is 2.63. The van der Waals surface area contributed by atoms with Crippen LogP contribution in [0.15, 0.2) is 35.5 Å². The van der Waals surface area contributed by atoms with Crippen molar-refractivity contribution < 1.29 is 9.84 Å². The van der Waals surface area contributed by atoms with Gasteiger partial charge in [-0.25, -0.2) is 9.97 Å². The van der Waals surface area contributed by atoms with Crippen LogP contribution >= 0.6 is 11.8 Å². The van der Waals surface area contributed by atoms with E-state index in [1.54, 1.807) is 12.1 Å². The lowest BCUT2D eigenvalue weighted by atomic mass is 10.3. The second-order valence-corrected chi connectivity index (χ2v) is 5.73. The van der Waals surface area contributed by atoms with E-state index in [1.165, 1.54) is 11.8 Å². The number of aliphatic hydroxyl groups excluding tert-OH is 1. The van der Waals surface area contributed by atoms with E-state index in [4.69, 9.17) is 10.5 Å². The fourth-order valence-electron chi connectivity index (χ4n) is 1.77. The molecular formula is C15H19N3O2S. The van der Waals surface area contributed by atoms with Crippen molar-refractivity contribution in [2.45, 2.75) is 25.1 Å². The first-order chi connectivity index (χ1) is 10.0. The van der Waals surface area contributed by atoms with E-state index < -0.39 is 6.10 Å². The summed E-state index contributed by atoms with van der Waals surface area (Å²) < 4.78 is 5.51. The third kappa shape index (κ3) is 4.91. The van der Waals surface area contributed by atoms with Crippen LogP contribution in [0.2, 0.25) is 0 Å². The summed E-state index contributed by atoms with van der Waals surface area (Å²) in [5.41, 5.74) is 8.19. The summed E-state index contributed by atoms with van der Waals surface area (Å²) in [5.74, 6) is 1.06. The van der Waals surface area contributed by atoms with Gasteiger partial charge < -0.3 is 15.6 Å². The second kappa shape index (κ2) is 7.28. The number of nitrogens with two attached hydrogens (primary N) is 1. The molecule has 0 aliphatic carbocycles. The summed E-state index contributed by atoms with van der Waals surface area (Å²) in [6, 6.07) is 9.14. The molecule has 21 heavy (non-hydrogen) atoms. The molecule has 0 spiro atoms. The van der Waals surface area contributed by atoms with Crippen molar-refractivity contribution in [1.29, 1.82) is 0 Å². The number of aliphatic hydroxyl groups is 1. The Morgan fingerprint density at radius 3 is 2.57 bits per heavy atom. The zero-order valence-electron chi connectivity index (χ0n) is 12.1. The quantitative estimate of drug-likeness (QED) is 0.484. The molecule has 112 valence electrons. The van der Waals surface area contributed by atoms with Crippen molar-refractivity contribution >= 4 is 17.4 Å². The van der Waals surface area contributed by atoms with Gasteiger partial charge in [-0.1, -0.05) is 23.9 Å². The summed E-state index contributed by atoms with van der Waals surface area (Å²) in [6.07, 6.45) is -0.612. The van der Waals surface area contributed by atoms with Gasteiger partial charge in [-0.05, 0) is 32.0 Å². The lowest BCUT2D eigenvalue weighted by molar-refractivity contribution is 0.127. The van der Waals surface area contributed by atoms with E-state index in [9.17, 15) is 5.11 Å². The van der Waals surface area contributed by atoms with Crippen LogP contribution in [-0.2, 0) is 0 Å². The molecule has 0 aliphatic rings. The molecule has 1 heterocycles. The number of benzene rings is 1. The van der Waals surface area contributed by atoms with Gasteiger partial charge in [-0.3, -0.25) is 0 Å². The second-order valence-electron chi connectivity index (χ2n) is 4.75. The van der Waals surface area contributed by atoms with E-state index in [0.717, 1.165) is 11.4 Å². The Morgan fingerprint density at radius 1 is 1.24 bits per heavy atom. The number of aryl methyl sites for hydroxylation is 2. The van der Waals surface area contributed by atoms with Crippen LogP contribution in [0.3, 0.4) is 0 Å². The van der Waals surface area contributed by atoms with Crippen LogP contribution in [0.4, 0.5) is 5.69 Å². The van der Waals surface area contributed by atoms with Crippen molar-refractivity contribution in [2.75, 3.05) is 18.1 Å². The maximum atomic E-state index is 9.96. The van der Waals surface area contributed by atoms with E-state index in [1.807, 2.05) is 32.0 Å². The molecule has 0 saturated carbocycles. The van der Waals surface area contributed by atoms with Gasteiger partial charge in [0.15, 0.2) is 5.16 Å². The summed E-state index contributed by atoms with van der Waals surface area (Å²) >= 11 is 1.41. The highest BCUT2D eigenvalue weighted by Gasteiger charge is 2.09. The average molecular weight is 305 g/mol. The Bertz CT molecular complexity index is 587. The minimum absolute atomic E-state index is 0.187. The summed E-state index contributed by atoms with van der Waals surface area (Å²) in [4.78, 5) is 8.64. The van der Waals surface area contributed by atoms with Gasteiger partial charge in [-0.2, -0.15) is 0 Å². The minimum Gasteiger partial charge on any atom is -0.489 e. The first-order valence-electron chi connectivity index (χ1n) is 6.65. The molecule has 0 bridgehead atoms. The number of hydrogen-bond acceptors (Lipinski definition) is 6. The predicted molar refractivity (Wildman–Crippen MR) is 84.6 cm³/mol. The summed E-state index contributed by atoms with van der Waals surface area (Å²) in [6.45, 7) is 4.04. The number of para-hydroxylation sites is 2. The molecule has 0 saturated heterocycles. The summed E-state index contributed by atoms with van der Waals surface area (Å²) in [7, 11) is 0. The molecule has 5 nitrogen and oxygen atoms in total. The Labute approximate surface area is 128 Å². The van der Waals surface area contributed by atoms with Crippen LogP contribution in [-0.4, -0.2) is 33.5 Å². The summed E-state index contributed by atoms with van der Waals surface area (Å²) in [5, 5.41) is 10.6. The molecule has 2 aromatic rings. The minimum atomic E-state index is -0.612. The first kappa shape index (κ1) is 15.6. The molecule has 2 rings (SSSR count). The van der Waals surface area contributed by atoms with Crippen LogP contribution in [0.5, 0.6) is 5.75 Å². The highest BCUT2D eigenvalue weighted by Crippen LogP contribution is 2.21. The molecule has 0 radical (unpaired) electrons. The predicted octanol–water partition coefficient (Wildman–Crippen LogP) is 2.21. The van der Waals surface area contributed by atoms with Gasteiger partial charge >= 0.3 is 0 Å². The number of anilines is 1. The highest BCUT2D eigenvalue weighted by molar-refractivity contribution is 7.99. The first-order valence-corrected chi connectivity index (χ1v) is 7.63. The monoisotopic (exact) mass is 305 g/mol. The number of rotatable bonds is 6. The molecule has 1 aromatic carbocycles. The number of nitrogen functional groups attached to an aromatic ring is 1. The van der Waals surface area contributed by atoms with Gasteiger partial charge in [0.1, 0.15) is 12.4 Å². The zero-order valence-corrected chi connectivity index (χ0v) is 12.9. The average Bonchev–Trinajstić information content (AvgIpc) is 2.43. The van der Waals surface area contributed by atoms with Crippen molar-refractivity contribution in [3.05, 3.63) is 41.7 Å². The molecule has 1 atom stereocenters. The van der Waals surface area contributed by atoms with Crippen LogP contribution in [0.25, 0.3) is 0 Å². The van der Waals surface area contributed by atoms with Gasteiger partial charge in [-0.15, -0.1) is 0 Å². The third-order valence-corrected chi connectivity index (χ3v) is 3.71. The number of hydrogen-bond donors (Lipinski definition) is 2. The normalized spacial score (nSPS) is 12.1. The lowest BCUT2D eigenvalue weighted by Gasteiger charge is -2.13. The van der Waals surface area contributed by atoms with Crippen molar-refractivity contribution in [3.63, 3.8) is 0 Å². The van der Waals surface area contributed by atoms with Gasteiger partial charge in [0, 0.05) is 17.1 Å². The number of aromatic nitrogens is 2. The molecule has 3 N–H and O–H groups in total. The van der Waals surface area contributed by atoms with E-state index in [2.05, 4.69) is 9.97 Å². The van der Waals surface area contributed by atoms with Gasteiger partial charge in [0.25, 0.3) is 0 Å². The SMILES string of the molecule is Cc1cc(C)nc(SCC(O)COc2ccccc2N)n1. The molecule has 0 amide bonds. The maximum Gasteiger partial charge on any atom is 0.188 e. The molecule has 0 fully saturated rings. The third-order valence-electron chi connectivity index (χ3n) is 2.72. The van der Waals surface area contributed by atoms with E-state index in [-0.39, 0.29) is 6.61 Å².